The van der Waals surface area contributed by atoms with Crippen LogP contribution in [0.4, 0.5) is 0 Å². The van der Waals surface area contributed by atoms with Gasteiger partial charge in [-0.3, -0.25) is 4.79 Å². The van der Waals surface area contributed by atoms with Crippen molar-refractivity contribution in [2.24, 2.45) is 0 Å². The van der Waals surface area contributed by atoms with Crippen molar-refractivity contribution in [2.75, 3.05) is 19.7 Å². The molecule has 2 aromatic carbocycles. The number of benzene rings is 2. The van der Waals surface area contributed by atoms with Crippen molar-refractivity contribution in [1.82, 2.24) is 9.88 Å². The molecule has 0 saturated carbocycles. The maximum Gasteiger partial charge on any atom is 0.253 e. The minimum atomic E-state index is -0.285. The third-order valence-electron chi connectivity index (χ3n) is 6.61. The van der Waals surface area contributed by atoms with Gasteiger partial charge in [-0.25, -0.2) is 0 Å². The van der Waals surface area contributed by atoms with Gasteiger partial charge in [-0.05, 0) is 68.0 Å². The Morgan fingerprint density at radius 1 is 1.07 bits per heavy atom. The number of nitrogens with zero attached hydrogens (tertiary/aromatic N) is 1. The van der Waals surface area contributed by atoms with Gasteiger partial charge < -0.3 is 14.6 Å². The smallest absolute Gasteiger partial charge is 0.253 e. The summed E-state index contributed by atoms with van der Waals surface area (Å²) >= 11 is 0. The van der Waals surface area contributed by atoms with Gasteiger partial charge in [0.05, 0.1) is 12.3 Å². The molecule has 144 valence electrons. The van der Waals surface area contributed by atoms with Gasteiger partial charge in [-0.2, -0.15) is 0 Å². The van der Waals surface area contributed by atoms with Crippen molar-refractivity contribution in [1.29, 1.82) is 0 Å². The molecule has 4 nitrogen and oxygen atoms in total. The highest BCUT2D eigenvalue weighted by Gasteiger charge is 2.43. The molecule has 1 N–H and O–H groups in total. The number of hydrogen-bond acceptors (Lipinski definition) is 2. The number of carbonyl (C=O) groups is 1. The van der Waals surface area contributed by atoms with Crippen molar-refractivity contribution in [3.63, 3.8) is 0 Å². The first-order valence-electron chi connectivity index (χ1n) is 10.2. The molecule has 1 saturated heterocycles. The number of aryl methyl sites for hydroxylation is 2. The molecular formula is C24H26N2O2. The van der Waals surface area contributed by atoms with Gasteiger partial charge in [-0.1, -0.05) is 24.3 Å². The monoisotopic (exact) mass is 374 g/mol. The fourth-order valence-corrected chi connectivity index (χ4v) is 4.79. The molecular weight excluding hydrogens is 348 g/mol. The number of hydrogen-bond donors (Lipinski definition) is 1. The summed E-state index contributed by atoms with van der Waals surface area (Å²) < 4.78 is 6.36. The first-order valence-corrected chi connectivity index (χ1v) is 10.2. The average molecular weight is 374 g/mol. The number of piperidine rings is 1. The third kappa shape index (κ3) is 2.67. The molecule has 1 fully saturated rings. The summed E-state index contributed by atoms with van der Waals surface area (Å²) in [5, 5.41) is 1.31. The highest BCUT2D eigenvalue weighted by molar-refractivity contribution is 5.94. The molecule has 2 aliphatic heterocycles. The molecule has 5 rings (SSSR count). The van der Waals surface area contributed by atoms with Crippen LogP contribution >= 0.6 is 0 Å². The number of likely N-dealkylation sites (tertiary alicyclic amines) is 1. The summed E-state index contributed by atoms with van der Waals surface area (Å²) in [4.78, 5) is 18.6. The van der Waals surface area contributed by atoms with E-state index >= 15 is 0 Å². The predicted molar refractivity (Wildman–Crippen MR) is 111 cm³/mol. The third-order valence-corrected chi connectivity index (χ3v) is 6.61. The number of carbonyl (C=O) groups excluding carboxylic acids is 1. The topological polar surface area (TPSA) is 45.3 Å². The van der Waals surface area contributed by atoms with Crippen LogP contribution in [0.15, 0.2) is 42.5 Å². The number of fused-ring (bicyclic) bond motifs is 4. The highest BCUT2D eigenvalue weighted by Crippen LogP contribution is 2.43. The van der Waals surface area contributed by atoms with Crippen LogP contribution < -0.4 is 0 Å². The first kappa shape index (κ1) is 17.5. The van der Waals surface area contributed by atoms with Gasteiger partial charge in [0.15, 0.2) is 0 Å². The molecule has 3 aromatic rings. The van der Waals surface area contributed by atoms with E-state index in [2.05, 4.69) is 43.1 Å². The lowest BCUT2D eigenvalue weighted by atomic mass is 9.83. The van der Waals surface area contributed by atoms with Gasteiger partial charge in [-0.15, -0.1) is 0 Å². The largest absolute Gasteiger partial charge is 0.368 e. The van der Waals surface area contributed by atoms with Crippen molar-refractivity contribution in [3.8, 4) is 0 Å². The lowest BCUT2D eigenvalue weighted by Gasteiger charge is -2.43. The van der Waals surface area contributed by atoms with Gasteiger partial charge in [0.1, 0.15) is 5.60 Å². The van der Waals surface area contributed by atoms with E-state index in [1.807, 2.05) is 23.1 Å². The van der Waals surface area contributed by atoms with Crippen LogP contribution in [0.2, 0.25) is 0 Å². The predicted octanol–water partition coefficient (Wildman–Crippen LogP) is 4.49. The van der Waals surface area contributed by atoms with E-state index < -0.39 is 0 Å². The molecule has 0 radical (unpaired) electrons. The van der Waals surface area contributed by atoms with Gasteiger partial charge in [0, 0.05) is 29.6 Å². The molecule has 28 heavy (non-hydrogen) atoms. The number of nitrogens with one attached hydrogen (secondary N) is 1. The standard InChI is InChI=1S/C24H26N2O2/c1-16-7-8-18(15-17(16)2)23(27)26-12-10-24(11-13-26)22-20(9-14-28-24)19-5-3-4-6-21(19)25-22/h3-8,15,25H,9-14H2,1-2H3. The molecule has 0 bridgehead atoms. The van der Waals surface area contributed by atoms with Crippen LogP contribution in [0.3, 0.4) is 0 Å². The van der Waals surface area contributed by atoms with Crippen LogP contribution in [-0.4, -0.2) is 35.5 Å². The second-order valence-electron chi connectivity index (χ2n) is 8.21. The molecule has 1 aromatic heterocycles. The zero-order valence-corrected chi connectivity index (χ0v) is 16.5. The maximum absolute atomic E-state index is 13.0. The summed E-state index contributed by atoms with van der Waals surface area (Å²) in [6.07, 6.45) is 2.62. The second-order valence-corrected chi connectivity index (χ2v) is 8.21. The Balaban J connectivity index is 1.40. The van der Waals surface area contributed by atoms with Gasteiger partial charge in [0.25, 0.3) is 5.91 Å². The number of amides is 1. The van der Waals surface area contributed by atoms with Crippen LogP contribution in [0.1, 0.15) is 45.6 Å². The molecule has 0 atom stereocenters. The van der Waals surface area contributed by atoms with Gasteiger partial charge in [0.2, 0.25) is 0 Å². The van der Waals surface area contributed by atoms with Crippen molar-refractivity contribution >= 4 is 16.8 Å². The Morgan fingerprint density at radius 3 is 2.64 bits per heavy atom. The Morgan fingerprint density at radius 2 is 1.86 bits per heavy atom. The van der Waals surface area contributed by atoms with E-state index in [4.69, 9.17) is 4.74 Å². The Bertz CT molecular complexity index is 1060. The summed E-state index contributed by atoms with van der Waals surface area (Å²) in [7, 11) is 0. The lowest BCUT2D eigenvalue weighted by Crippen LogP contribution is -2.48. The first-order chi connectivity index (χ1) is 13.6. The highest BCUT2D eigenvalue weighted by atomic mass is 16.5. The van der Waals surface area contributed by atoms with Crippen LogP contribution in [0, 0.1) is 13.8 Å². The average Bonchev–Trinajstić information content (AvgIpc) is 3.11. The molecule has 2 aliphatic rings. The summed E-state index contributed by atoms with van der Waals surface area (Å²) in [5.74, 6) is 0.130. The molecule has 0 unspecified atom stereocenters. The van der Waals surface area contributed by atoms with E-state index in [9.17, 15) is 4.79 Å². The number of H-pyrrole nitrogens is 1. The number of aromatic amines is 1. The van der Waals surface area contributed by atoms with E-state index in [1.54, 1.807) is 0 Å². The minimum Gasteiger partial charge on any atom is -0.368 e. The van der Waals surface area contributed by atoms with Crippen LogP contribution in [0.25, 0.3) is 10.9 Å². The molecule has 0 aliphatic carbocycles. The fourth-order valence-electron chi connectivity index (χ4n) is 4.79. The van der Waals surface area contributed by atoms with E-state index in [1.165, 1.54) is 27.7 Å². The van der Waals surface area contributed by atoms with Crippen molar-refractivity contribution < 1.29 is 9.53 Å². The lowest BCUT2D eigenvalue weighted by molar-refractivity contribution is -0.0957. The fraction of sp³-hybridized carbons (Fsp3) is 0.375. The Kier molecular flexibility index (Phi) is 4.06. The molecule has 1 amide bonds. The second kappa shape index (κ2) is 6.49. The van der Waals surface area contributed by atoms with Crippen LogP contribution in [-0.2, 0) is 16.8 Å². The number of rotatable bonds is 1. The SMILES string of the molecule is Cc1ccc(C(=O)N2CCC3(CC2)OCCc2c3[nH]c3ccccc23)cc1C. The van der Waals surface area contributed by atoms with E-state index in [-0.39, 0.29) is 11.5 Å². The van der Waals surface area contributed by atoms with Crippen LogP contribution in [0.5, 0.6) is 0 Å². The van der Waals surface area contributed by atoms with Crippen molar-refractivity contribution in [2.45, 2.75) is 38.7 Å². The number of para-hydroxylation sites is 1. The molecule has 1 spiro atoms. The molecule has 3 heterocycles. The summed E-state index contributed by atoms with van der Waals surface area (Å²) in [6, 6.07) is 14.5. The van der Waals surface area contributed by atoms with Gasteiger partial charge >= 0.3 is 0 Å². The van der Waals surface area contributed by atoms with Crippen molar-refractivity contribution in [3.05, 3.63) is 70.4 Å². The quantitative estimate of drug-likeness (QED) is 0.682. The summed E-state index contributed by atoms with van der Waals surface area (Å²) in [6.45, 7) is 6.33. The Hall–Kier alpha value is -2.59. The minimum absolute atomic E-state index is 0.130. The normalized spacial score (nSPS) is 18.4. The number of aromatic nitrogens is 1. The zero-order valence-electron chi connectivity index (χ0n) is 16.5. The molecule has 4 heteroatoms. The van der Waals surface area contributed by atoms with E-state index in [0.29, 0.717) is 0 Å². The zero-order chi connectivity index (χ0) is 19.3. The summed E-state index contributed by atoms with van der Waals surface area (Å²) in [5.41, 5.74) is 6.70. The van der Waals surface area contributed by atoms with E-state index in [0.717, 1.165) is 50.1 Å². The maximum atomic E-state index is 13.0. The number of ether oxygens (including phenoxy) is 1. The Labute approximate surface area is 165 Å².